The van der Waals surface area contributed by atoms with Gasteiger partial charge in [0.05, 0.1) is 18.5 Å². The summed E-state index contributed by atoms with van der Waals surface area (Å²) in [6.07, 6.45) is 1.69. The van der Waals surface area contributed by atoms with Crippen molar-refractivity contribution < 1.29 is 4.42 Å². The molecule has 154 valence electrons. The van der Waals surface area contributed by atoms with E-state index in [1.165, 1.54) is 16.7 Å². The molecule has 0 unspecified atom stereocenters. The van der Waals surface area contributed by atoms with Crippen LogP contribution in [0.4, 0.5) is 0 Å². The number of hydrogen-bond donors (Lipinski definition) is 0. The molecule has 0 aliphatic carbocycles. The second-order valence-corrected chi connectivity index (χ2v) is 7.96. The minimum atomic E-state index is 0.604. The maximum absolute atomic E-state index is 5.71. The van der Waals surface area contributed by atoms with Gasteiger partial charge in [-0.1, -0.05) is 54.6 Å². The lowest BCUT2D eigenvalue weighted by molar-refractivity contribution is 0.187. The van der Waals surface area contributed by atoms with E-state index >= 15 is 0 Å². The van der Waals surface area contributed by atoms with Crippen molar-refractivity contribution >= 4 is 12.2 Å². The zero-order valence-electron chi connectivity index (χ0n) is 17.6. The molecule has 0 saturated carbocycles. The first-order valence-corrected chi connectivity index (χ1v) is 10.4. The van der Waals surface area contributed by atoms with Gasteiger partial charge in [0.15, 0.2) is 10.6 Å². The number of hydrogen-bond acceptors (Lipinski definition) is 4. The minimum Gasteiger partial charge on any atom is -0.469 e. The van der Waals surface area contributed by atoms with E-state index in [0.717, 1.165) is 30.2 Å². The molecule has 0 radical (unpaired) electrons. The first-order chi connectivity index (χ1) is 14.5. The Morgan fingerprint density at radius 3 is 2.40 bits per heavy atom. The van der Waals surface area contributed by atoms with E-state index in [9.17, 15) is 0 Å². The van der Waals surface area contributed by atoms with Gasteiger partial charge in [0.1, 0.15) is 5.76 Å². The van der Waals surface area contributed by atoms with Crippen molar-refractivity contribution in [2.45, 2.75) is 33.6 Å². The zero-order chi connectivity index (χ0) is 21.1. The van der Waals surface area contributed by atoms with E-state index in [1.807, 2.05) is 35.4 Å². The average Bonchev–Trinajstić information content (AvgIpc) is 3.28. The van der Waals surface area contributed by atoms with Crippen LogP contribution in [0.15, 0.2) is 71.3 Å². The van der Waals surface area contributed by atoms with Crippen LogP contribution in [0, 0.1) is 18.6 Å². The summed E-state index contributed by atoms with van der Waals surface area (Å²) < 4.78 is 10.0. The Bertz CT molecular complexity index is 1190. The number of rotatable bonds is 7. The van der Waals surface area contributed by atoms with Crippen molar-refractivity contribution in [3.8, 4) is 11.4 Å². The van der Waals surface area contributed by atoms with Crippen LogP contribution in [-0.4, -0.2) is 19.2 Å². The predicted octanol–water partition coefficient (Wildman–Crippen LogP) is 5.49. The lowest BCUT2D eigenvalue weighted by Crippen LogP contribution is -2.27. The maximum Gasteiger partial charge on any atom is 0.199 e. The van der Waals surface area contributed by atoms with Crippen molar-refractivity contribution in [3.05, 3.63) is 94.1 Å². The Kier molecular flexibility index (Phi) is 5.97. The summed E-state index contributed by atoms with van der Waals surface area (Å²) in [4.78, 5) is 2.37. The predicted molar refractivity (Wildman–Crippen MR) is 121 cm³/mol. The van der Waals surface area contributed by atoms with Gasteiger partial charge in [-0.15, -0.1) is 0 Å². The van der Waals surface area contributed by atoms with Gasteiger partial charge in [-0.05, 0) is 48.8 Å². The molecule has 6 heteroatoms. The van der Waals surface area contributed by atoms with Crippen molar-refractivity contribution in [3.63, 3.8) is 0 Å². The summed E-state index contributed by atoms with van der Waals surface area (Å²) in [6.45, 7) is 6.33. The van der Waals surface area contributed by atoms with Crippen LogP contribution < -0.4 is 0 Å². The van der Waals surface area contributed by atoms with Crippen LogP contribution in [0.2, 0.25) is 0 Å². The number of furan rings is 1. The van der Waals surface area contributed by atoms with Crippen LogP contribution in [0.25, 0.3) is 11.4 Å². The lowest BCUT2D eigenvalue weighted by atomic mass is 10.1. The van der Waals surface area contributed by atoms with Crippen molar-refractivity contribution in [1.82, 2.24) is 19.2 Å². The third kappa shape index (κ3) is 4.30. The lowest BCUT2D eigenvalue weighted by Gasteiger charge is -2.23. The molecule has 0 amide bonds. The molecule has 0 aliphatic rings. The van der Waals surface area contributed by atoms with Crippen LogP contribution in [0.1, 0.15) is 22.5 Å². The summed E-state index contributed by atoms with van der Waals surface area (Å²) in [6, 6.07) is 21.0. The third-order valence-corrected chi connectivity index (χ3v) is 5.86. The topological polar surface area (TPSA) is 39.1 Å². The molecule has 30 heavy (non-hydrogen) atoms. The van der Waals surface area contributed by atoms with E-state index in [2.05, 4.69) is 60.4 Å². The highest BCUT2D eigenvalue weighted by atomic mass is 32.1. The van der Waals surface area contributed by atoms with Crippen LogP contribution in [-0.2, 0) is 26.8 Å². The maximum atomic E-state index is 5.71. The molecule has 5 nitrogen and oxygen atoms in total. The van der Waals surface area contributed by atoms with Gasteiger partial charge < -0.3 is 8.98 Å². The van der Waals surface area contributed by atoms with Crippen molar-refractivity contribution in [1.29, 1.82) is 0 Å². The van der Waals surface area contributed by atoms with Gasteiger partial charge in [0, 0.05) is 20.1 Å². The highest BCUT2D eigenvalue weighted by Crippen LogP contribution is 2.23. The van der Waals surface area contributed by atoms with E-state index in [1.54, 1.807) is 6.26 Å². The molecule has 0 atom stereocenters. The van der Waals surface area contributed by atoms with E-state index < -0.39 is 0 Å². The van der Waals surface area contributed by atoms with Gasteiger partial charge in [-0.25, -0.2) is 4.68 Å². The van der Waals surface area contributed by atoms with Gasteiger partial charge in [-0.2, -0.15) is 5.10 Å². The standard InChI is InChI=1S/C24H26N4OS/c1-18-9-7-8-12-21(18)16-27(15-20-10-5-4-6-11-20)17-28-24(30)26(3)23(25-28)22-13-14-29-19(22)2/h4-14H,15-17H2,1-3H3. The molecule has 2 aromatic heterocycles. The van der Waals surface area contributed by atoms with Gasteiger partial charge in [0.25, 0.3) is 0 Å². The molecule has 0 spiro atoms. The number of benzene rings is 2. The molecule has 0 bridgehead atoms. The summed E-state index contributed by atoms with van der Waals surface area (Å²) in [5.41, 5.74) is 4.83. The molecule has 0 aliphatic heterocycles. The molecule has 2 heterocycles. The SMILES string of the molecule is Cc1ccccc1CN(Cc1ccccc1)Cn1nc(-c2ccoc2C)n(C)c1=S. The van der Waals surface area contributed by atoms with Crippen molar-refractivity contribution in [2.24, 2.45) is 7.05 Å². The van der Waals surface area contributed by atoms with Gasteiger partial charge in [-0.3, -0.25) is 4.90 Å². The Morgan fingerprint density at radius 2 is 1.70 bits per heavy atom. The van der Waals surface area contributed by atoms with E-state index in [4.69, 9.17) is 21.7 Å². The van der Waals surface area contributed by atoms with Gasteiger partial charge >= 0.3 is 0 Å². The number of nitrogens with zero attached hydrogens (tertiary/aromatic N) is 4. The Hall–Kier alpha value is -2.96. The third-order valence-electron chi connectivity index (χ3n) is 5.38. The second kappa shape index (κ2) is 8.81. The summed E-state index contributed by atoms with van der Waals surface area (Å²) in [7, 11) is 1.95. The molecule has 4 rings (SSSR count). The highest BCUT2D eigenvalue weighted by Gasteiger charge is 2.16. The largest absolute Gasteiger partial charge is 0.469 e. The number of aromatic nitrogens is 3. The molecule has 2 aromatic carbocycles. The number of aryl methyl sites for hydroxylation is 2. The first-order valence-electron chi connectivity index (χ1n) is 10.0. The summed E-state index contributed by atoms with van der Waals surface area (Å²) >= 11 is 5.71. The molecule has 4 aromatic rings. The van der Waals surface area contributed by atoms with Crippen molar-refractivity contribution in [2.75, 3.05) is 0 Å². The molecule has 0 N–H and O–H groups in total. The van der Waals surface area contributed by atoms with E-state index in [-0.39, 0.29) is 0 Å². The smallest absolute Gasteiger partial charge is 0.199 e. The minimum absolute atomic E-state index is 0.604. The van der Waals surface area contributed by atoms with Crippen LogP contribution >= 0.6 is 12.2 Å². The molecular formula is C24H26N4OS. The average molecular weight is 419 g/mol. The fourth-order valence-electron chi connectivity index (χ4n) is 3.65. The normalized spacial score (nSPS) is 11.3. The zero-order valence-corrected chi connectivity index (χ0v) is 18.4. The second-order valence-electron chi connectivity index (χ2n) is 7.60. The highest BCUT2D eigenvalue weighted by molar-refractivity contribution is 7.71. The quantitative estimate of drug-likeness (QED) is 0.372. The summed E-state index contributed by atoms with van der Waals surface area (Å²) in [5.74, 6) is 1.66. The Balaban J connectivity index is 1.65. The Labute approximate surface area is 182 Å². The molecule has 0 saturated heterocycles. The summed E-state index contributed by atoms with van der Waals surface area (Å²) in [5, 5.41) is 4.83. The molecular weight excluding hydrogens is 392 g/mol. The van der Waals surface area contributed by atoms with E-state index in [0.29, 0.717) is 11.4 Å². The monoisotopic (exact) mass is 418 g/mol. The molecule has 0 fully saturated rings. The van der Waals surface area contributed by atoms with Gasteiger partial charge in [0.2, 0.25) is 0 Å². The Morgan fingerprint density at radius 1 is 0.967 bits per heavy atom. The fraction of sp³-hybridized carbons (Fsp3) is 0.250. The van der Waals surface area contributed by atoms with Crippen LogP contribution in [0.3, 0.4) is 0 Å². The fourth-order valence-corrected chi connectivity index (χ4v) is 3.83. The first kappa shape index (κ1) is 20.3. The van der Waals surface area contributed by atoms with Crippen LogP contribution in [0.5, 0.6) is 0 Å².